The SMILES string of the molecule is CCCc1n[nH]c(=S)n1N=Cc1cccc(Oc2ccccc2)c1. The summed E-state index contributed by atoms with van der Waals surface area (Å²) >= 11 is 5.22. The van der Waals surface area contributed by atoms with Crippen LogP contribution in [-0.2, 0) is 6.42 Å². The van der Waals surface area contributed by atoms with Gasteiger partial charge in [0, 0.05) is 6.42 Å². The molecule has 0 aliphatic carbocycles. The Bertz CT molecular complexity index is 883. The molecular weight excluding hydrogens is 320 g/mol. The molecule has 0 atom stereocenters. The zero-order valence-electron chi connectivity index (χ0n) is 13.3. The van der Waals surface area contributed by atoms with Gasteiger partial charge in [-0.25, -0.2) is 0 Å². The number of rotatable bonds is 6. The minimum atomic E-state index is 0.492. The molecule has 0 aliphatic rings. The van der Waals surface area contributed by atoms with Crippen molar-refractivity contribution in [1.82, 2.24) is 14.9 Å². The van der Waals surface area contributed by atoms with Crippen molar-refractivity contribution in [2.24, 2.45) is 5.10 Å². The third kappa shape index (κ3) is 3.97. The summed E-state index contributed by atoms with van der Waals surface area (Å²) in [7, 11) is 0. The summed E-state index contributed by atoms with van der Waals surface area (Å²) in [6.07, 6.45) is 3.56. The highest BCUT2D eigenvalue weighted by molar-refractivity contribution is 7.71. The van der Waals surface area contributed by atoms with E-state index >= 15 is 0 Å². The summed E-state index contributed by atoms with van der Waals surface area (Å²) in [5.41, 5.74) is 0.925. The average Bonchev–Trinajstić information content (AvgIpc) is 2.95. The lowest BCUT2D eigenvalue weighted by Crippen LogP contribution is -1.98. The number of nitrogens with zero attached hydrogens (tertiary/aromatic N) is 3. The number of nitrogens with one attached hydrogen (secondary N) is 1. The van der Waals surface area contributed by atoms with Crippen LogP contribution in [0.15, 0.2) is 59.7 Å². The van der Waals surface area contributed by atoms with Crippen molar-refractivity contribution in [3.63, 3.8) is 0 Å². The van der Waals surface area contributed by atoms with Crippen molar-refractivity contribution in [3.8, 4) is 11.5 Å². The molecule has 0 saturated heterocycles. The number of aryl methyl sites for hydroxylation is 1. The quantitative estimate of drug-likeness (QED) is 0.529. The Morgan fingerprint density at radius 3 is 2.75 bits per heavy atom. The van der Waals surface area contributed by atoms with Gasteiger partial charge in [0.15, 0.2) is 5.82 Å². The van der Waals surface area contributed by atoms with Crippen LogP contribution in [0.4, 0.5) is 0 Å². The van der Waals surface area contributed by atoms with E-state index in [1.165, 1.54) is 0 Å². The lowest BCUT2D eigenvalue weighted by molar-refractivity contribution is 0.482. The van der Waals surface area contributed by atoms with E-state index in [-0.39, 0.29) is 0 Å². The van der Waals surface area contributed by atoms with Crippen LogP contribution in [0, 0.1) is 4.77 Å². The normalized spacial score (nSPS) is 11.0. The molecule has 6 heteroatoms. The highest BCUT2D eigenvalue weighted by Gasteiger charge is 2.03. The van der Waals surface area contributed by atoms with E-state index in [1.807, 2.05) is 54.6 Å². The zero-order chi connectivity index (χ0) is 16.8. The Balaban J connectivity index is 1.80. The third-order valence-corrected chi connectivity index (χ3v) is 3.61. The van der Waals surface area contributed by atoms with E-state index in [9.17, 15) is 0 Å². The second kappa shape index (κ2) is 7.70. The molecule has 5 nitrogen and oxygen atoms in total. The fourth-order valence-corrected chi connectivity index (χ4v) is 2.43. The van der Waals surface area contributed by atoms with Gasteiger partial charge < -0.3 is 4.74 Å². The van der Waals surface area contributed by atoms with E-state index in [0.29, 0.717) is 4.77 Å². The number of hydrogen-bond donors (Lipinski definition) is 1. The lowest BCUT2D eigenvalue weighted by Gasteiger charge is -2.05. The fraction of sp³-hybridized carbons (Fsp3) is 0.167. The molecule has 24 heavy (non-hydrogen) atoms. The number of hydrogen-bond acceptors (Lipinski definition) is 4. The van der Waals surface area contributed by atoms with Crippen LogP contribution in [0.3, 0.4) is 0 Å². The Labute approximate surface area is 145 Å². The van der Waals surface area contributed by atoms with Gasteiger partial charge in [0.1, 0.15) is 11.5 Å². The molecule has 0 spiro atoms. The third-order valence-electron chi connectivity index (χ3n) is 3.35. The molecule has 0 fully saturated rings. The first-order chi connectivity index (χ1) is 11.8. The lowest BCUT2D eigenvalue weighted by atomic mass is 10.2. The van der Waals surface area contributed by atoms with Crippen LogP contribution in [0.1, 0.15) is 24.7 Å². The molecule has 0 saturated carbocycles. The molecule has 0 unspecified atom stereocenters. The minimum Gasteiger partial charge on any atom is -0.457 e. The van der Waals surface area contributed by atoms with Gasteiger partial charge in [-0.3, -0.25) is 5.10 Å². The molecule has 1 N–H and O–H groups in total. The summed E-state index contributed by atoms with van der Waals surface area (Å²) in [6.45, 7) is 2.09. The Hall–Kier alpha value is -2.73. The molecule has 0 bridgehead atoms. The van der Waals surface area contributed by atoms with Gasteiger partial charge in [0.2, 0.25) is 4.77 Å². The molecule has 0 aliphatic heterocycles. The van der Waals surface area contributed by atoms with Crippen LogP contribution in [0.5, 0.6) is 11.5 Å². The monoisotopic (exact) mass is 338 g/mol. The number of ether oxygens (including phenoxy) is 1. The van der Waals surface area contributed by atoms with Crippen LogP contribution in [0.2, 0.25) is 0 Å². The van der Waals surface area contributed by atoms with Crippen molar-refractivity contribution in [2.45, 2.75) is 19.8 Å². The van der Waals surface area contributed by atoms with Crippen molar-refractivity contribution < 1.29 is 4.74 Å². The second-order valence-corrected chi connectivity index (χ2v) is 5.63. The van der Waals surface area contributed by atoms with E-state index in [0.717, 1.165) is 35.7 Å². The van der Waals surface area contributed by atoms with Crippen LogP contribution in [-0.4, -0.2) is 21.1 Å². The molecule has 1 aromatic heterocycles. The number of aromatic amines is 1. The van der Waals surface area contributed by atoms with Crippen molar-refractivity contribution in [3.05, 3.63) is 70.8 Å². The first-order valence-electron chi connectivity index (χ1n) is 7.80. The predicted octanol–water partition coefficient (Wildman–Crippen LogP) is 4.57. The smallest absolute Gasteiger partial charge is 0.216 e. The second-order valence-electron chi connectivity index (χ2n) is 5.24. The topological polar surface area (TPSA) is 55.2 Å². The molecule has 0 amide bonds. The summed E-state index contributed by atoms with van der Waals surface area (Å²) in [5, 5.41) is 11.4. The van der Waals surface area contributed by atoms with Gasteiger partial charge in [0.25, 0.3) is 0 Å². The van der Waals surface area contributed by atoms with E-state index in [4.69, 9.17) is 17.0 Å². The highest BCUT2D eigenvalue weighted by atomic mass is 32.1. The Kier molecular flexibility index (Phi) is 5.18. The van der Waals surface area contributed by atoms with Gasteiger partial charge >= 0.3 is 0 Å². The molecule has 3 rings (SSSR count). The number of H-pyrrole nitrogens is 1. The standard InChI is InChI=1S/C18H18N4OS/c1-2-7-17-20-21-18(24)22(17)19-13-14-8-6-11-16(12-14)23-15-9-4-3-5-10-15/h3-6,8-13H,2,7H2,1H3,(H,21,24). The van der Waals surface area contributed by atoms with E-state index in [2.05, 4.69) is 22.2 Å². The van der Waals surface area contributed by atoms with Crippen LogP contribution >= 0.6 is 12.2 Å². The Morgan fingerprint density at radius 2 is 1.96 bits per heavy atom. The summed E-state index contributed by atoms with van der Waals surface area (Å²) in [4.78, 5) is 0. The molecule has 3 aromatic rings. The van der Waals surface area contributed by atoms with Gasteiger partial charge in [0.05, 0.1) is 6.21 Å². The maximum atomic E-state index is 5.83. The van der Waals surface area contributed by atoms with Gasteiger partial charge in [-0.15, -0.1) is 0 Å². The fourth-order valence-electron chi connectivity index (χ4n) is 2.24. The first kappa shape index (κ1) is 16.1. The van der Waals surface area contributed by atoms with E-state index < -0.39 is 0 Å². The van der Waals surface area contributed by atoms with Gasteiger partial charge in [-0.05, 0) is 48.5 Å². The van der Waals surface area contributed by atoms with Gasteiger partial charge in [-0.1, -0.05) is 37.3 Å². The summed E-state index contributed by atoms with van der Waals surface area (Å²) < 4.78 is 7.98. The number of aromatic nitrogens is 3. The van der Waals surface area contributed by atoms with Crippen molar-refractivity contribution in [2.75, 3.05) is 0 Å². The first-order valence-corrected chi connectivity index (χ1v) is 8.20. The van der Waals surface area contributed by atoms with E-state index in [1.54, 1.807) is 10.9 Å². The minimum absolute atomic E-state index is 0.492. The molecule has 0 radical (unpaired) electrons. The van der Waals surface area contributed by atoms with Crippen molar-refractivity contribution in [1.29, 1.82) is 0 Å². The molecule has 1 heterocycles. The van der Waals surface area contributed by atoms with Crippen LogP contribution in [0.25, 0.3) is 0 Å². The number of benzene rings is 2. The maximum absolute atomic E-state index is 5.83. The van der Waals surface area contributed by atoms with Crippen LogP contribution < -0.4 is 4.74 Å². The Morgan fingerprint density at radius 1 is 1.17 bits per heavy atom. The summed E-state index contributed by atoms with van der Waals surface area (Å²) in [5.74, 6) is 2.39. The molecular formula is C18H18N4OS. The van der Waals surface area contributed by atoms with Gasteiger partial charge in [-0.2, -0.15) is 14.9 Å². The largest absolute Gasteiger partial charge is 0.457 e. The average molecular weight is 338 g/mol. The maximum Gasteiger partial charge on any atom is 0.216 e. The molecule has 2 aromatic carbocycles. The zero-order valence-corrected chi connectivity index (χ0v) is 14.2. The van der Waals surface area contributed by atoms with Crippen molar-refractivity contribution >= 4 is 18.4 Å². The predicted molar refractivity (Wildman–Crippen MR) is 97.4 cm³/mol. The molecule has 122 valence electrons. The summed E-state index contributed by atoms with van der Waals surface area (Å²) in [6, 6.07) is 17.4. The number of para-hydroxylation sites is 1. The highest BCUT2D eigenvalue weighted by Crippen LogP contribution is 2.21.